The van der Waals surface area contributed by atoms with E-state index in [1.807, 2.05) is 25.5 Å². The Hall–Kier alpha value is -1.91. The number of fused-ring (bicyclic) bond motifs is 1. The Bertz CT molecular complexity index is 660. The molecule has 1 fully saturated rings. The SMILES string of the molecule is CC1=C(N)C(=O)c2c(nc(C)n2C)C1=NC1CCCCC1. The first-order valence-corrected chi connectivity index (χ1v) is 7.63. The molecule has 0 aliphatic heterocycles. The maximum atomic E-state index is 12.4. The molecule has 1 heterocycles. The highest BCUT2D eigenvalue weighted by Gasteiger charge is 2.32. The second-order valence-electron chi connectivity index (χ2n) is 6.05. The lowest BCUT2D eigenvalue weighted by Crippen LogP contribution is -2.28. The van der Waals surface area contributed by atoms with Crippen LogP contribution in [-0.4, -0.2) is 27.1 Å². The molecule has 3 rings (SSSR count). The van der Waals surface area contributed by atoms with Gasteiger partial charge < -0.3 is 10.3 Å². The maximum Gasteiger partial charge on any atom is 0.227 e. The maximum absolute atomic E-state index is 12.4. The molecule has 1 aromatic rings. The summed E-state index contributed by atoms with van der Waals surface area (Å²) in [6.07, 6.45) is 5.99. The van der Waals surface area contributed by atoms with Crippen LogP contribution in [0.1, 0.15) is 61.0 Å². The number of carbonyl (C=O) groups excluding carboxylic acids is 1. The van der Waals surface area contributed by atoms with Crippen LogP contribution in [0.2, 0.25) is 0 Å². The van der Waals surface area contributed by atoms with Gasteiger partial charge in [-0.2, -0.15) is 0 Å². The lowest BCUT2D eigenvalue weighted by Gasteiger charge is -2.22. The van der Waals surface area contributed by atoms with Crippen LogP contribution in [0.15, 0.2) is 16.3 Å². The molecule has 2 aliphatic rings. The number of nitrogens with zero attached hydrogens (tertiary/aromatic N) is 3. The summed E-state index contributed by atoms with van der Waals surface area (Å²) in [5, 5.41) is 0. The average molecular weight is 286 g/mol. The number of aliphatic imine (C=N–C) groups is 1. The number of hydrogen-bond acceptors (Lipinski definition) is 4. The highest BCUT2D eigenvalue weighted by atomic mass is 16.1. The van der Waals surface area contributed by atoms with Crippen LogP contribution in [0.5, 0.6) is 0 Å². The van der Waals surface area contributed by atoms with Crippen LogP contribution < -0.4 is 5.73 Å². The number of Topliss-reactive ketones (excluding diaryl/α,β-unsaturated/α-hetero) is 1. The average Bonchev–Trinajstić information content (AvgIpc) is 2.78. The Balaban J connectivity index is 2.12. The van der Waals surface area contributed by atoms with Crippen molar-refractivity contribution in [1.82, 2.24) is 9.55 Å². The molecule has 5 heteroatoms. The number of aromatic nitrogens is 2. The molecule has 5 nitrogen and oxygen atoms in total. The van der Waals surface area contributed by atoms with Crippen LogP contribution >= 0.6 is 0 Å². The van der Waals surface area contributed by atoms with Gasteiger partial charge in [-0.15, -0.1) is 0 Å². The number of ketones is 1. The Morgan fingerprint density at radius 2 is 1.90 bits per heavy atom. The van der Waals surface area contributed by atoms with Crippen LogP contribution in [0.25, 0.3) is 0 Å². The third-order valence-electron chi connectivity index (χ3n) is 4.65. The standard InChI is InChI=1S/C16H22N4O/c1-9-12(17)16(21)15-14(18-10(2)20(15)3)13(9)19-11-7-5-4-6-8-11/h11H,4-8,17H2,1-3H3. The third-order valence-corrected chi connectivity index (χ3v) is 4.65. The van der Waals surface area contributed by atoms with E-state index < -0.39 is 0 Å². The summed E-state index contributed by atoms with van der Waals surface area (Å²) in [7, 11) is 1.85. The van der Waals surface area contributed by atoms with Crippen molar-refractivity contribution in [1.29, 1.82) is 0 Å². The topological polar surface area (TPSA) is 73.3 Å². The molecule has 0 atom stereocenters. The first-order valence-electron chi connectivity index (χ1n) is 7.63. The predicted octanol–water partition coefficient (Wildman–Crippen LogP) is 2.28. The lowest BCUT2D eigenvalue weighted by atomic mass is 9.92. The highest BCUT2D eigenvalue weighted by Crippen LogP contribution is 2.27. The summed E-state index contributed by atoms with van der Waals surface area (Å²) in [5.74, 6) is 0.681. The van der Waals surface area contributed by atoms with Gasteiger partial charge in [-0.1, -0.05) is 19.3 Å². The van der Waals surface area contributed by atoms with Gasteiger partial charge in [-0.25, -0.2) is 4.98 Å². The van der Waals surface area contributed by atoms with Crippen LogP contribution in [-0.2, 0) is 7.05 Å². The molecule has 1 aromatic heterocycles. The molecule has 2 aliphatic carbocycles. The molecule has 0 spiro atoms. The van der Waals surface area contributed by atoms with Gasteiger partial charge in [0.1, 0.15) is 17.2 Å². The molecular weight excluding hydrogens is 264 g/mol. The number of carbonyl (C=O) groups is 1. The minimum atomic E-state index is -0.131. The van der Waals surface area contributed by atoms with Gasteiger partial charge in [-0.3, -0.25) is 9.79 Å². The molecule has 2 N–H and O–H groups in total. The third kappa shape index (κ3) is 2.20. The highest BCUT2D eigenvalue weighted by molar-refractivity contribution is 6.26. The number of hydrogen-bond donors (Lipinski definition) is 1. The quantitative estimate of drug-likeness (QED) is 0.860. The second kappa shape index (κ2) is 5.13. The minimum absolute atomic E-state index is 0.131. The molecule has 0 aromatic carbocycles. The summed E-state index contributed by atoms with van der Waals surface area (Å²) in [5.41, 5.74) is 9.20. The van der Waals surface area contributed by atoms with E-state index in [2.05, 4.69) is 4.98 Å². The molecule has 0 amide bonds. The largest absolute Gasteiger partial charge is 0.395 e. The monoisotopic (exact) mass is 286 g/mol. The van der Waals surface area contributed by atoms with E-state index in [-0.39, 0.29) is 5.78 Å². The number of aryl methyl sites for hydroxylation is 1. The summed E-state index contributed by atoms with van der Waals surface area (Å²) in [4.78, 5) is 21.9. The van der Waals surface area contributed by atoms with Crippen molar-refractivity contribution in [2.24, 2.45) is 17.8 Å². The van der Waals surface area contributed by atoms with Gasteiger partial charge in [0.2, 0.25) is 5.78 Å². The second-order valence-corrected chi connectivity index (χ2v) is 6.05. The van der Waals surface area contributed by atoms with E-state index in [0.29, 0.717) is 23.1 Å². The van der Waals surface area contributed by atoms with Crippen molar-refractivity contribution in [3.8, 4) is 0 Å². The Morgan fingerprint density at radius 1 is 1.24 bits per heavy atom. The van der Waals surface area contributed by atoms with E-state index in [9.17, 15) is 4.79 Å². The normalized spacial score (nSPS) is 22.0. The fourth-order valence-corrected chi connectivity index (χ4v) is 3.19. The van der Waals surface area contributed by atoms with Crippen molar-refractivity contribution in [3.63, 3.8) is 0 Å². The smallest absolute Gasteiger partial charge is 0.227 e. The van der Waals surface area contributed by atoms with Gasteiger partial charge >= 0.3 is 0 Å². The Kier molecular flexibility index (Phi) is 3.43. The molecule has 0 radical (unpaired) electrons. The summed E-state index contributed by atoms with van der Waals surface area (Å²) in [6, 6.07) is 0.333. The molecule has 21 heavy (non-hydrogen) atoms. The molecule has 0 unspecified atom stereocenters. The van der Waals surface area contributed by atoms with Crippen LogP contribution in [0, 0.1) is 6.92 Å². The molecule has 0 bridgehead atoms. The van der Waals surface area contributed by atoms with E-state index in [1.165, 1.54) is 19.3 Å². The van der Waals surface area contributed by atoms with Crippen molar-refractivity contribution in [2.45, 2.75) is 52.0 Å². The minimum Gasteiger partial charge on any atom is -0.395 e. The molecule has 112 valence electrons. The Labute approximate surface area is 125 Å². The van der Waals surface area contributed by atoms with Crippen molar-refractivity contribution in [2.75, 3.05) is 0 Å². The zero-order chi connectivity index (χ0) is 15.1. The first kappa shape index (κ1) is 14.0. The zero-order valence-electron chi connectivity index (χ0n) is 12.9. The fraction of sp³-hybridized carbons (Fsp3) is 0.562. The Morgan fingerprint density at radius 3 is 2.57 bits per heavy atom. The van der Waals surface area contributed by atoms with E-state index in [1.54, 1.807) is 0 Å². The summed E-state index contributed by atoms with van der Waals surface area (Å²) in [6.45, 7) is 3.77. The molecule has 1 saturated carbocycles. The van der Waals surface area contributed by atoms with Crippen molar-refractivity contribution >= 4 is 11.5 Å². The van der Waals surface area contributed by atoms with E-state index >= 15 is 0 Å². The van der Waals surface area contributed by atoms with Gasteiger partial charge in [0.05, 0.1) is 17.5 Å². The first-order chi connectivity index (χ1) is 10.0. The van der Waals surface area contributed by atoms with E-state index in [0.717, 1.165) is 30.0 Å². The molecular formula is C16H22N4O. The van der Waals surface area contributed by atoms with Crippen molar-refractivity contribution in [3.05, 3.63) is 28.5 Å². The van der Waals surface area contributed by atoms with Gasteiger partial charge in [0.25, 0.3) is 0 Å². The summed E-state index contributed by atoms with van der Waals surface area (Å²) >= 11 is 0. The van der Waals surface area contributed by atoms with E-state index in [4.69, 9.17) is 10.7 Å². The number of allylic oxidation sites excluding steroid dienone is 2. The number of nitrogens with two attached hydrogens (primary N) is 1. The van der Waals surface area contributed by atoms with Gasteiger partial charge in [0.15, 0.2) is 0 Å². The van der Waals surface area contributed by atoms with Gasteiger partial charge in [0, 0.05) is 12.6 Å². The number of imidazole rings is 1. The fourth-order valence-electron chi connectivity index (χ4n) is 3.19. The molecule has 0 saturated heterocycles. The predicted molar refractivity (Wildman–Crippen MR) is 82.6 cm³/mol. The number of rotatable bonds is 1. The lowest BCUT2D eigenvalue weighted by molar-refractivity contribution is 0.102. The van der Waals surface area contributed by atoms with Gasteiger partial charge in [-0.05, 0) is 26.7 Å². The summed E-state index contributed by atoms with van der Waals surface area (Å²) < 4.78 is 1.81. The van der Waals surface area contributed by atoms with Crippen LogP contribution in [0.3, 0.4) is 0 Å². The zero-order valence-corrected chi connectivity index (χ0v) is 12.9. The van der Waals surface area contributed by atoms with Crippen molar-refractivity contribution < 1.29 is 4.79 Å². The van der Waals surface area contributed by atoms with Crippen LogP contribution in [0.4, 0.5) is 0 Å².